The topological polar surface area (TPSA) is 78.4 Å². The normalized spacial score (nSPS) is 10.2. The molecule has 0 aliphatic carbocycles. The molecule has 200 valence electrons. The van der Waals surface area contributed by atoms with Crippen LogP contribution < -0.4 is 10.6 Å². The van der Waals surface area contributed by atoms with E-state index in [-0.39, 0.29) is 17.6 Å². The van der Waals surface area contributed by atoms with Crippen molar-refractivity contribution < 1.29 is 14.7 Å². The van der Waals surface area contributed by atoms with Crippen molar-refractivity contribution in [3.05, 3.63) is 148 Å². The third-order valence-corrected chi connectivity index (χ3v) is 6.70. The zero-order valence-corrected chi connectivity index (χ0v) is 23.8. The largest absolute Gasteiger partial charge is 0.508 e. The molecule has 0 heterocycles. The Morgan fingerprint density at radius 1 is 0.575 bits per heavy atom. The van der Waals surface area contributed by atoms with Crippen LogP contribution in [-0.2, 0) is 0 Å². The van der Waals surface area contributed by atoms with Gasteiger partial charge >= 0.3 is 0 Å². The number of anilines is 2. The third-order valence-electron chi connectivity index (χ3n) is 6.21. The van der Waals surface area contributed by atoms with E-state index < -0.39 is 0 Å². The first-order valence-electron chi connectivity index (χ1n) is 12.7. The minimum atomic E-state index is -0.128. The van der Waals surface area contributed by atoms with Crippen LogP contribution in [0.1, 0.15) is 31.8 Å². The summed E-state index contributed by atoms with van der Waals surface area (Å²) < 4.78 is 0.950. The molecule has 0 saturated carbocycles. The average molecular weight is 594 g/mol. The minimum Gasteiger partial charge on any atom is -0.508 e. The molecule has 5 rings (SSSR count). The van der Waals surface area contributed by atoms with Gasteiger partial charge in [0, 0.05) is 27.0 Å². The van der Waals surface area contributed by atoms with E-state index in [2.05, 4.69) is 26.6 Å². The highest BCUT2D eigenvalue weighted by molar-refractivity contribution is 9.10. The number of carbonyl (C=O) groups is 2. The minimum absolute atomic E-state index is 0.0909. The van der Waals surface area contributed by atoms with Gasteiger partial charge in [-0.2, -0.15) is 0 Å². The van der Waals surface area contributed by atoms with Gasteiger partial charge in [-0.1, -0.05) is 82.7 Å². The SMILES string of the molecule is Cc1ccc(-c2ccc(O)cc2)cc1NC(=O)c1ccccc1.Cc1ccc(Br)cc1NC(=O)c1ccccc1. The highest BCUT2D eigenvalue weighted by atomic mass is 79.9. The van der Waals surface area contributed by atoms with Crippen LogP contribution >= 0.6 is 15.9 Å². The molecule has 0 aliphatic rings. The molecule has 0 spiro atoms. The molecular weight excluding hydrogens is 564 g/mol. The average Bonchev–Trinajstić information content (AvgIpc) is 2.98. The number of aromatic hydroxyl groups is 1. The first kappa shape index (κ1) is 28.3. The van der Waals surface area contributed by atoms with Gasteiger partial charge in [0.15, 0.2) is 0 Å². The lowest BCUT2D eigenvalue weighted by Crippen LogP contribution is -2.12. The Morgan fingerprint density at radius 3 is 1.55 bits per heavy atom. The number of amides is 2. The van der Waals surface area contributed by atoms with E-state index >= 15 is 0 Å². The first-order chi connectivity index (χ1) is 19.3. The van der Waals surface area contributed by atoms with Crippen LogP contribution in [0, 0.1) is 13.8 Å². The Balaban J connectivity index is 0.000000194. The van der Waals surface area contributed by atoms with Gasteiger partial charge in [-0.25, -0.2) is 0 Å². The van der Waals surface area contributed by atoms with Crippen molar-refractivity contribution in [1.82, 2.24) is 0 Å². The Kier molecular flexibility index (Phi) is 9.49. The fourth-order valence-corrected chi connectivity index (χ4v) is 4.25. The standard InChI is InChI=1S/C20H17NO2.C14H12BrNO/c1-14-7-8-17(15-9-11-18(22)12-10-15)13-19(14)21-20(23)16-5-3-2-4-6-16;1-10-7-8-12(15)9-13(10)16-14(17)11-5-3-2-4-6-11/h2-13,22H,1H3,(H,21,23);2-9H,1H3,(H,16,17). The van der Waals surface area contributed by atoms with Crippen molar-refractivity contribution in [1.29, 1.82) is 0 Å². The highest BCUT2D eigenvalue weighted by Gasteiger charge is 2.09. The van der Waals surface area contributed by atoms with Gasteiger partial charge in [-0.15, -0.1) is 0 Å². The molecule has 2 amide bonds. The number of phenols is 1. The molecule has 0 fully saturated rings. The maximum Gasteiger partial charge on any atom is 0.255 e. The van der Waals surface area contributed by atoms with Crippen LogP contribution in [0.15, 0.2) is 126 Å². The molecule has 5 nitrogen and oxygen atoms in total. The predicted molar refractivity (Wildman–Crippen MR) is 166 cm³/mol. The second-order valence-electron chi connectivity index (χ2n) is 9.18. The van der Waals surface area contributed by atoms with Crippen LogP contribution in [-0.4, -0.2) is 16.9 Å². The van der Waals surface area contributed by atoms with E-state index in [1.165, 1.54) is 0 Å². The maximum absolute atomic E-state index is 12.3. The molecule has 0 unspecified atom stereocenters. The number of carbonyl (C=O) groups excluding carboxylic acids is 2. The van der Waals surface area contributed by atoms with Gasteiger partial charge in [0.05, 0.1) is 0 Å². The van der Waals surface area contributed by atoms with Gasteiger partial charge in [-0.05, 0) is 90.7 Å². The quantitative estimate of drug-likeness (QED) is 0.191. The van der Waals surface area contributed by atoms with Crippen LogP contribution in [0.25, 0.3) is 11.1 Å². The summed E-state index contributed by atoms with van der Waals surface area (Å²) in [5.41, 5.74) is 6.90. The number of phenolic OH excluding ortho intramolecular Hbond substituents is 1. The van der Waals surface area contributed by atoms with Crippen LogP contribution in [0.3, 0.4) is 0 Å². The molecule has 0 aromatic heterocycles. The summed E-state index contributed by atoms with van der Waals surface area (Å²) in [4.78, 5) is 24.3. The lowest BCUT2D eigenvalue weighted by atomic mass is 10.0. The number of rotatable bonds is 5. The molecule has 5 aromatic carbocycles. The van der Waals surface area contributed by atoms with Gasteiger partial charge in [-0.3, -0.25) is 9.59 Å². The zero-order chi connectivity index (χ0) is 28.5. The number of halogens is 1. The summed E-state index contributed by atoms with van der Waals surface area (Å²) in [6, 6.07) is 37.1. The fourth-order valence-electron chi connectivity index (χ4n) is 3.89. The number of hydrogen-bond donors (Lipinski definition) is 3. The number of aryl methyl sites for hydroxylation is 2. The van der Waals surface area contributed by atoms with E-state index in [9.17, 15) is 14.7 Å². The molecule has 0 bridgehead atoms. The third kappa shape index (κ3) is 7.68. The molecule has 0 atom stereocenters. The Morgan fingerprint density at radius 2 is 1.02 bits per heavy atom. The van der Waals surface area contributed by atoms with Crippen LogP contribution in [0.5, 0.6) is 5.75 Å². The second kappa shape index (κ2) is 13.4. The predicted octanol–water partition coefficient (Wildman–Crippen LogP) is 8.63. The fraction of sp³-hybridized carbons (Fsp3) is 0.0588. The van der Waals surface area contributed by atoms with Crippen molar-refractivity contribution in [3.63, 3.8) is 0 Å². The first-order valence-corrected chi connectivity index (χ1v) is 13.5. The molecular formula is C34H29BrN2O3. The van der Waals surface area contributed by atoms with E-state index in [0.29, 0.717) is 11.1 Å². The van der Waals surface area contributed by atoms with Gasteiger partial charge in [0.25, 0.3) is 11.8 Å². The van der Waals surface area contributed by atoms with E-state index in [4.69, 9.17) is 0 Å². The molecule has 0 saturated heterocycles. The van der Waals surface area contributed by atoms with E-state index in [1.54, 1.807) is 36.4 Å². The Hall–Kier alpha value is -4.68. The zero-order valence-electron chi connectivity index (χ0n) is 22.2. The number of nitrogens with one attached hydrogen (secondary N) is 2. The molecule has 6 heteroatoms. The summed E-state index contributed by atoms with van der Waals surface area (Å²) in [6.07, 6.45) is 0. The van der Waals surface area contributed by atoms with Crippen molar-refractivity contribution in [2.45, 2.75) is 13.8 Å². The number of benzene rings is 5. The molecule has 0 aliphatic heterocycles. The summed E-state index contributed by atoms with van der Waals surface area (Å²) in [6.45, 7) is 3.92. The van der Waals surface area contributed by atoms with E-state index in [1.807, 2.05) is 98.8 Å². The van der Waals surface area contributed by atoms with Gasteiger partial charge < -0.3 is 15.7 Å². The number of hydrogen-bond acceptors (Lipinski definition) is 3. The molecule has 5 aromatic rings. The summed E-state index contributed by atoms with van der Waals surface area (Å²) in [5.74, 6) is 0.0156. The highest BCUT2D eigenvalue weighted by Crippen LogP contribution is 2.27. The Bertz CT molecular complexity index is 1600. The lowest BCUT2D eigenvalue weighted by Gasteiger charge is -2.11. The van der Waals surface area contributed by atoms with Crippen LogP contribution in [0.2, 0.25) is 0 Å². The molecule has 40 heavy (non-hydrogen) atoms. The van der Waals surface area contributed by atoms with Crippen molar-refractivity contribution in [2.75, 3.05) is 10.6 Å². The maximum atomic E-state index is 12.3. The lowest BCUT2D eigenvalue weighted by molar-refractivity contribution is 0.101. The summed E-state index contributed by atoms with van der Waals surface area (Å²) in [7, 11) is 0. The monoisotopic (exact) mass is 592 g/mol. The van der Waals surface area contributed by atoms with Crippen molar-refractivity contribution in [3.8, 4) is 16.9 Å². The van der Waals surface area contributed by atoms with Gasteiger partial charge in [0.1, 0.15) is 5.75 Å². The smallest absolute Gasteiger partial charge is 0.255 e. The summed E-state index contributed by atoms with van der Waals surface area (Å²) in [5, 5.41) is 15.2. The van der Waals surface area contributed by atoms with Crippen LogP contribution in [0.4, 0.5) is 11.4 Å². The van der Waals surface area contributed by atoms with Crippen molar-refractivity contribution in [2.24, 2.45) is 0 Å². The Labute approximate surface area is 242 Å². The molecule has 3 N–H and O–H groups in total. The summed E-state index contributed by atoms with van der Waals surface area (Å²) >= 11 is 3.39. The second-order valence-corrected chi connectivity index (χ2v) is 10.1. The molecule has 0 radical (unpaired) electrons. The van der Waals surface area contributed by atoms with Gasteiger partial charge in [0.2, 0.25) is 0 Å². The van der Waals surface area contributed by atoms with E-state index in [0.717, 1.165) is 38.1 Å². The van der Waals surface area contributed by atoms with Crippen molar-refractivity contribution >= 4 is 39.1 Å².